The van der Waals surface area contributed by atoms with Gasteiger partial charge in [0.15, 0.2) is 5.15 Å². The number of hydrogen-bond donors (Lipinski definition) is 0. The Balaban J connectivity index is 2.07. The molecule has 0 atom stereocenters. The standard InChI is InChI=1S/C15H8ClN3O/c16-14-12-6-1-2-7-13(12)15(19-18-14)20-11-5-3-4-10(8-11)9-17/h1-8H. The lowest BCUT2D eigenvalue weighted by Gasteiger charge is -2.07. The monoisotopic (exact) mass is 281 g/mol. The number of benzene rings is 2. The van der Waals surface area contributed by atoms with Crippen molar-refractivity contribution in [1.82, 2.24) is 10.2 Å². The van der Waals surface area contributed by atoms with Gasteiger partial charge in [-0.2, -0.15) is 5.26 Å². The van der Waals surface area contributed by atoms with Crippen LogP contribution in [0.1, 0.15) is 5.56 Å². The molecule has 0 amide bonds. The van der Waals surface area contributed by atoms with Gasteiger partial charge in [-0.05, 0) is 24.3 Å². The highest BCUT2D eigenvalue weighted by Crippen LogP contribution is 2.30. The molecule has 1 heterocycles. The SMILES string of the molecule is N#Cc1cccc(Oc2nnc(Cl)c3ccccc23)c1. The molecule has 5 heteroatoms. The summed E-state index contributed by atoms with van der Waals surface area (Å²) in [5, 5.41) is 18.6. The van der Waals surface area contributed by atoms with Crippen molar-refractivity contribution in [2.75, 3.05) is 0 Å². The number of aromatic nitrogens is 2. The summed E-state index contributed by atoms with van der Waals surface area (Å²) in [6.07, 6.45) is 0. The van der Waals surface area contributed by atoms with Crippen LogP contribution in [-0.4, -0.2) is 10.2 Å². The van der Waals surface area contributed by atoms with E-state index in [1.165, 1.54) is 0 Å². The lowest BCUT2D eigenvalue weighted by atomic mass is 10.2. The fraction of sp³-hybridized carbons (Fsp3) is 0. The van der Waals surface area contributed by atoms with E-state index in [1.807, 2.05) is 24.3 Å². The molecule has 96 valence electrons. The van der Waals surface area contributed by atoms with Crippen molar-refractivity contribution in [2.24, 2.45) is 0 Å². The average Bonchev–Trinajstić information content (AvgIpc) is 2.51. The summed E-state index contributed by atoms with van der Waals surface area (Å²) in [4.78, 5) is 0. The third kappa shape index (κ3) is 2.27. The number of nitrogens with zero attached hydrogens (tertiary/aromatic N) is 3. The first kappa shape index (κ1) is 12.4. The molecule has 20 heavy (non-hydrogen) atoms. The summed E-state index contributed by atoms with van der Waals surface area (Å²) in [5.41, 5.74) is 0.522. The van der Waals surface area contributed by atoms with E-state index in [9.17, 15) is 0 Å². The Hall–Kier alpha value is -2.64. The molecule has 0 spiro atoms. The van der Waals surface area contributed by atoms with E-state index in [0.717, 1.165) is 10.8 Å². The van der Waals surface area contributed by atoms with Crippen molar-refractivity contribution < 1.29 is 4.74 Å². The normalized spacial score (nSPS) is 10.2. The van der Waals surface area contributed by atoms with Crippen molar-refractivity contribution in [2.45, 2.75) is 0 Å². The maximum atomic E-state index is 8.89. The molecule has 3 aromatic rings. The van der Waals surface area contributed by atoms with Gasteiger partial charge in [-0.1, -0.05) is 35.9 Å². The summed E-state index contributed by atoms with van der Waals surface area (Å²) in [7, 11) is 0. The number of halogens is 1. The van der Waals surface area contributed by atoms with Gasteiger partial charge in [-0.15, -0.1) is 10.2 Å². The van der Waals surface area contributed by atoms with Crippen LogP contribution in [0.3, 0.4) is 0 Å². The molecule has 2 aromatic carbocycles. The first-order valence-electron chi connectivity index (χ1n) is 5.87. The molecule has 0 saturated carbocycles. The lowest BCUT2D eigenvalue weighted by molar-refractivity contribution is 0.462. The van der Waals surface area contributed by atoms with Crippen LogP contribution < -0.4 is 4.74 Å². The van der Waals surface area contributed by atoms with Gasteiger partial charge in [0.1, 0.15) is 5.75 Å². The second-order valence-electron chi connectivity index (χ2n) is 4.08. The van der Waals surface area contributed by atoms with Gasteiger partial charge < -0.3 is 4.74 Å². The Morgan fingerprint density at radius 3 is 2.60 bits per heavy atom. The molecule has 0 aliphatic heterocycles. The molecule has 0 aliphatic rings. The fourth-order valence-corrected chi connectivity index (χ4v) is 2.07. The highest BCUT2D eigenvalue weighted by Gasteiger charge is 2.09. The van der Waals surface area contributed by atoms with Gasteiger partial charge in [-0.3, -0.25) is 0 Å². The predicted molar refractivity (Wildman–Crippen MR) is 75.8 cm³/mol. The minimum Gasteiger partial charge on any atom is -0.437 e. The first-order valence-corrected chi connectivity index (χ1v) is 6.24. The van der Waals surface area contributed by atoms with Crippen LogP contribution in [0.4, 0.5) is 0 Å². The average molecular weight is 282 g/mol. The number of fused-ring (bicyclic) bond motifs is 1. The van der Waals surface area contributed by atoms with Crippen molar-refractivity contribution >= 4 is 22.4 Å². The maximum Gasteiger partial charge on any atom is 0.246 e. The Labute approximate surface area is 120 Å². The van der Waals surface area contributed by atoms with Crippen molar-refractivity contribution in [3.63, 3.8) is 0 Å². The number of hydrogen-bond acceptors (Lipinski definition) is 4. The molecule has 0 fully saturated rings. The molecule has 0 saturated heterocycles. The van der Waals surface area contributed by atoms with Gasteiger partial charge in [0, 0.05) is 10.8 Å². The minimum absolute atomic E-state index is 0.332. The molecular weight excluding hydrogens is 274 g/mol. The summed E-state index contributed by atoms with van der Waals surface area (Å²) >= 11 is 6.01. The van der Waals surface area contributed by atoms with Crippen molar-refractivity contribution in [3.8, 4) is 17.7 Å². The first-order chi connectivity index (χ1) is 9.78. The highest BCUT2D eigenvalue weighted by atomic mass is 35.5. The van der Waals surface area contributed by atoms with E-state index in [2.05, 4.69) is 16.3 Å². The van der Waals surface area contributed by atoms with Crippen molar-refractivity contribution in [1.29, 1.82) is 5.26 Å². The molecular formula is C15H8ClN3O. The Morgan fingerprint density at radius 2 is 1.80 bits per heavy atom. The van der Waals surface area contributed by atoms with Crippen LogP contribution >= 0.6 is 11.6 Å². The highest BCUT2D eigenvalue weighted by molar-refractivity contribution is 6.34. The third-order valence-corrected chi connectivity index (χ3v) is 3.07. The van der Waals surface area contributed by atoms with Gasteiger partial charge in [0.2, 0.25) is 5.88 Å². The Kier molecular flexibility index (Phi) is 3.20. The van der Waals surface area contributed by atoms with Gasteiger partial charge in [0.05, 0.1) is 11.6 Å². The number of nitriles is 1. The molecule has 0 N–H and O–H groups in total. The smallest absolute Gasteiger partial charge is 0.246 e. The second kappa shape index (κ2) is 5.16. The summed E-state index contributed by atoms with van der Waals surface area (Å²) < 4.78 is 5.71. The molecule has 0 radical (unpaired) electrons. The lowest BCUT2D eigenvalue weighted by Crippen LogP contribution is -1.93. The predicted octanol–water partition coefficient (Wildman–Crippen LogP) is 3.95. The van der Waals surface area contributed by atoms with Crippen LogP contribution in [0.2, 0.25) is 5.15 Å². The largest absolute Gasteiger partial charge is 0.437 e. The molecule has 0 aliphatic carbocycles. The molecule has 3 rings (SSSR count). The Bertz CT molecular complexity index is 827. The van der Waals surface area contributed by atoms with Gasteiger partial charge in [-0.25, -0.2) is 0 Å². The summed E-state index contributed by atoms with van der Waals surface area (Å²) in [6.45, 7) is 0. The third-order valence-electron chi connectivity index (χ3n) is 2.79. The number of rotatable bonds is 2. The Morgan fingerprint density at radius 1 is 1.00 bits per heavy atom. The van der Waals surface area contributed by atoms with E-state index < -0.39 is 0 Å². The molecule has 4 nitrogen and oxygen atoms in total. The zero-order chi connectivity index (χ0) is 13.9. The molecule has 1 aromatic heterocycles. The van der Waals surface area contributed by atoms with E-state index >= 15 is 0 Å². The maximum absolute atomic E-state index is 8.89. The number of ether oxygens (including phenoxy) is 1. The van der Waals surface area contributed by atoms with Gasteiger partial charge in [0.25, 0.3) is 0 Å². The quantitative estimate of drug-likeness (QED) is 0.714. The van der Waals surface area contributed by atoms with E-state index in [-0.39, 0.29) is 0 Å². The van der Waals surface area contributed by atoms with Crippen LogP contribution in [0.5, 0.6) is 11.6 Å². The summed E-state index contributed by atoms with van der Waals surface area (Å²) in [5.74, 6) is 0.894. The summed E-state index contributed by atoms with van der Waals surface area (Å²) in [6, 6.07) is 16.4. The van der Waals surface area contributed by atoms with Crippen LogP contribution in [0.15, 0.2) is 48.5 Å². The molecule has 0 unspecified atom stereocenters. The van der Waals surface area contributed by atoms with Crippen LogP contribution in [0, 0.1) is 11.3 Å². The fourth-order valence-electron chi connectivity index (χ4n) is 1.86. The molecule has 0 bridgehead atoms. The second-order valence-corrected chi connectivity index (χ2v) is 4.44. The van der Waals surface area contributed by atoms with E-state index in [1.54, 1.807) is 24.3 Å². The van der Waals surface area contributed by atoms with Crippen LogP contribution in [0.25, 0.3) is 10.8 Å². The van der Waals surface area contributed by atoms with E-state index in [0.29, 0.717) is 22.3 Å². The van der Waals surface area contributed by atoms with Gasteiger partial charge >= 0.3 is 0 Å². The topological polar surface area (TPSA) is 58.8 Å². The zero-order valence-corrected chi connectivity index (χ0v) is 11.0. The van der Waals surface area contributed by atoms with E-state index in [4.69, 9.17) is 21.6 Å². The van der Waals surface area contributed by atoms with Crippen LogP contribution in [-0.2, 0) is 0 Å². The minimum atomic E-state index is 0.332. The van der Waals surface area contributed by atoms with Crippen molar-refractivity contribution in [3.05, 3.63) is 59.2 Å². The zero-order valence-electron chi connectivity index (χ0n) is 10.2.